The summed E-state index contributed by atoms with van der Waals surface area (Å²) in [6, 6.07) is 0. The van der Waals surface area contributed by atoms with Gasteiger partial charge in [0.2, 0.25) is 0 Å². The lowest BCUT2D eigenvalue weighted by atomic mass is 9.79. The van der Waals surface area contributed by atoms with Gasteiger partial charge in [-0.05, 0) is 18.9 Å². The topological polar surface area (TPSA) is 43.8 Å². The fourth-order valence-corrected chi connectivity index (χ4v) is 3.27. The minimum Gasteiger partial charge on any atom is -0.481 e. The first-order chi connectivity index (χ1) is 7.99. The van der Waals surface area contributed by atoms with E-state index >= 15 is 0 Å². The highest BCUT2D eigenvalue weighted by Crippen LogP contribution is 2.39. The first-order valence-corrected chi connectivity index (χ1v) is 6.66. The van der Waals surface area contributed by atoms with Crippen molar-refractivity contribution in [1.82, 2.24) is 9.80 Å². The molecule has 2 aliphatic heterocycles. The van der Waals surface area contributed by atoms with Gasteiger partial charge in [-0.2, -0.15) is 0 Å². The number of hydrogen-bond donors (Lipinski definition) is 1. The molecule has 98 valence electrons. The summed E-state index contributed by atoms with van der Waals surface area (Å²) in [5, 5.41) is 8.65. The van der Waals surface area contributed by atoms with Crippen LogP contribution in [0.4, 0.5) is 0 Å². The van der Waals surface area contributed by atoms with Crippen molar-refractivity contribution in [3.63, 3.8) is 0 Å². The number of rotatable bonds is 5. The summed E-state index contributed by atoms with van der Waals surface area (Å²) < 4.78 is 0. The van der Waals surface area contributed by atoms with Gasteiger partial charge < -0.3 is 14.9 Å². The summed E-state index contributed by atoms with van der Waals surface area (Å²) in [5.74, 6) is 0.0622. The minimum absolute atomic E-state index is 0.284. The Kier molecular flexibility index (Phi) is 3.73. The third-order valence-electron chi connectivity index (χ3n) is 3.90. The Hall–Kier alpha value is -0.610. The molecule has 0 aromatic rings. The maximum Gasteiger partial charge on any atom is 0.304 e. The molecule has 0 aliphatic carbocycles. The van der Waals surface area contributed by atoms with Crippen LogP contribution >= 0.6 is 0 Å². The van der Waals surface area contributed by atoms with Crippen molar-refractivity contribution >= 4 is 5.97 Å². The van der Waals surface area contributed by atoms with Gasteiger partial charge in [-0.25, -0.2) is 0 Å². The van der Waals surface area contributed by atoms with Gasteiger partial charge in [0.1, 0.15) is 0 Å². The summed E-state index contributed by atoms with van der Waals surface area (Å²) in [4.78, 5) is 15.3. The lowest BCUT2D eigenvalue weighted by molar-refractivity contribution is -0.138. The fourth-order valence-electron chi connectivity index (χ4n) is 3.27. The average molecular weight is 240 g/mol. The summed E-state index contributed by atoms with van der Waals surface area (Å²) >= 11 is 0. The van der Waals surface area contributed by atoms with Crippen LogP contribution in [0.25, 0.3) is 0 Å². The summed E-state index contributed by atoms with van der Waals surface area (Å²) in [7, 11) is 0. The third-order valence-corrected chi connectivity index (χ3v) is 3.90. The van der Waals surface area contributed by atoms with Crippen molar-refractivity contribution < 1.29 is 9.90 Å². The van der Waals surface area contributed by atoms with Gasteiger partial charge in [0.25, 0.3) is 0 Å². The molecule has 2 rings (SSSR count). The summed E-state index contributed by atoms with van der Waals surface area (Å²) in [6.07, 6.45) is 1.58. The maximum atomic E-state index is 10.5. The molecule has 0 unspecified atom stereocenters. The average Bonchev–Trinajstić information content (AvgIpc) is 2.55. The Balaban J connectivity index is 1.70. The van der Waals surface area contributed by atoms with Crippen molar-refractivity contribution in [1.29, 1.82) is 0 Å². The second-order valence-corrected chi connectivity index (χ2v) is 6.23. The van der Waals surface area contributed by atoms with Gasteiger partial charge in [-0.1, -0.05) is 13.8 Å². The van der Waals surface area contributed by atoms with Crippen molar-refractivity contribution in [2.45, 2.75) is 26.7 Å². The molecule has 4 nitrogen and oxygen atoms in total. The van der Waals surface area contributed by atoms with Crippen LogP contribution in [-0.4, -0.2) is 60.1 Å². The normalized spacial score (nSPS) is 24.4. The first kappa shape index (κ1) is 12.8. The van der Waals surface area contributed by atoms with Crippen LogP contribution in [0.5, 0.6) is 0 Å². The molecule has 0 atom stereocenters. The highest BCUT2D eigenvalue weighted by atomic mass is 16.4. The van der Waals surface area contributed by atoms with E-state index in [0.717, 1.165) is 25.6 Å². The van der Waals surface area contributed by atoms with Crippen LogP contribution in [0.15, 0.2) is 0 Å². The van der Waals surface area contributed by atoms with Crippen molar-refractivity contribution in [2.75, 3.05) is 39.3 Å². The lowest BCUT2D eigenvalue weighted by Crippen LogP contribution is -2.57. The largest absolute Gasteiger partial charge is 0.481 e. The molecule has 0 amide bonds. The summed E-state index contributed by atoms with van der Waals surface area (Å²) in [5.41, 5.74) is 0.493. The van der Waals surface area contributed by atoms with Crippen LogP contribution in [0.1, 0.15) is 26.7 Å². The molecule has 17 heavy (non-hydrogen) atoms. The van der Waals surface area contributed by atoms with Crippen LogP contribution in [0.2, 0.25) is 0 Å². The van der Waals surface area contributed by atoms with E-state index in [1.165, 1.54) is 26.1 Å². The smallest absolute Gasteiger partial charge is 0.304 e. The Bertz CT molecular complexity index is 285. The molecule has 0 bridgehead atoms. The van der Waals surface area contributed by atoms with E-state index in [1.807, 2.05) is 0 Å². The second-order valence-electron chi connectivity index (χ2n) is 6.23. The quantitative estimate of drug-likeness (QED) is 0.782. The van der Waals surface area contributed by atoms with Gasteiger partial charge >= 0.3 is 5.97 Å². The lowest BCUT2D eigenvalue weighted by Gasteiger charge is -2.48. The van der Waals surface area contributed by atoms with Gasteiger partial charge in [-0.15, -0.1) is 0 Å². The Labute approximate surface area is 104 Å². The molecule has 1 N–H and O–H groups in total. The Morgan fingerprint density at radius 2 is 1.94 bits per heavy atom. The van der Waals surface area contributed by atoms with Crippen molar-refractivity contribution in [2.24, 2.45) is 11.3 Å². The molecule has 0 radical (unpaired) electrons. The van der Waals surface area contributed by atoms with Crippen LogP contribution in [0, 0.1) is 11.3 Å². The number of carboxylic acids is 1. The molecule has 2 aliphatic rings. The van der Waals surface area contributed by atoms with E-state index in [9.17, 15) is 4.79 Å². The molecule has 4 heteroatoms. The summed E-state index contributed by atoms with van der Waals surface area (Å²) in [6.45, 7) is 11.1. The number of aliphatic carboxylic acids is 1. The van der Waals surface area contributed by atoms with Crippen molar-refractivity contribution in [3.05, 3.63) is 0 Å². The minimum atomic E-state index is -0.682. The number of likely N-dealkylation sites (tertiary alicyclic amines) is 2. The molecule has 2 saturated heterocycles. The van der Waals surface area contributed by atoms with E-state index in [4.69, 9.17) is 5.11 Å². The molecule has 2 heterocycles. The maximum absolute atomic E-state index is 10.5. The van der Waals surface area contributed by atoms with Crippen LogP contribution < -0.4 is 0 Å². The van der Waals surface area contributed by atoms with Crippen molar-refractivity contribution in [3.8, 4) is 0 Å². The van der Waals surface area contributed by atoms with E-state index in [0.29, 0.717) is 5.41 Å². The number of hydrogen-bond acceptors (Lipinski definition) is 3. The molecule has 1 spiro atoms. The van der Waals surface area contributed by atoms with E-state index in [-0.39, 0.29) is 6.42 Å². The molecule has 0 aromatic carbocycles. The van der Waals surface area contributed by atoms with Gasteiger partial charge in [0.05, 0.1) is 6.42 Å². The zero-order valence-electron chi connectivity index (χ0n) is 11.0. The van der Waals surface area contributed by atoms with E-state index in [2.05, 4.69) is 23.6 Å². The van der Waals surface area contributed by atoms with E-state index < -0.39 is 5.97 Å². The SMILES string of the molecule is CC(C)CN1CCC2(C1)CN(CCC(=O)O)C2. The first-order valence-electron chi connectivity index (χ1n) is 6.66. The van der Waals surface area contributed by atoms with E-state index in [1.54, 1.807) is 0 Å². The molecule has 0 saturated carbocycles. The second kappa shape index (κ2) is 4.94. The molecule has 0 aromatic heterocycles. The monoisotopic (exact) mass is 240 g/mol. The zero-order chi connectivity index (χ0) is 12.5. The number of nitrogens with zero attached hydrogens (tertiary/aromatic N) is 2. The number of carboxylic acid groups (broad SMARTS) is 1. The third kappa shape index (κ3) is 3.19. The predicted octanol–water partition coefficient (Wildman–Crippen LogP) is 1.12. The fraction of sp³-hybridized carbons (Fsp3) is 0.923. The van der Waals surface area contributed by atoms with Gasteiger partial charge in [0, 0.05) is 38.1 Å². The van der Waals surface area contributed by atoms with Gasteiger partial charge in [0.15, 0.2) is 0 Å². The van der Waals surface area contributed by atoms with Crippen LogP contribution in [0.3, 0.4) is 0 Å². The Morgan fingerprint density at radius 3 is 2.53 bits per heavy atom. The number of carbonyl (C=O) groups is 1. The molecular weight excluding hydrogens is 216 g/mol. The Morgan fingerprint density at radius 1 is 1.29 bits per heavy atom. The highest BCUT2D eigenvalue weighted by Gasteiger charge is 2.46. The predicted molar refractivity (Wildman–Crippen MR) is 67.0 cm³/mol. The standard InChI is InChI=1S/C13H24N2O2/c1-11(2)7-14-6-4-13(8-14)9-15(10-13)5-3-12(16)17/h11H,3-10H2,1-2H3,(H,16,17). The molecule has 2 fully saturated rings. The van der Waals surface area contributed by atoms with Gasteiger partial charge in [-0.3, -0.25) is 4.79 Å². The van der Waals surface area contributed by atoms with Crippen LogP contribution in [-0.2, 0) is 4.79 Å². The molecular formula is C13H24N2O2. The highest BCUT2D eigenvalue weighted by molar-refractivity contribution is 5.66. The zero-order valence-corrected chi connectivity index (χ0v) is 11.0.